The molecule has 7 nitrogen and oxygen atoms in total. The number of nitrogens with zero attached hydrogens (tertiary/aromatic N) is 4. The number of halogens is 3. The molecule has 1 aromatic carbocycles. The van der Waals surface area contributed by atoms with Crippen LogP contribution in [-0.2, 0) is 29.1 Å². The van der Waals surface area contributed by atoms with Crippen molar-refractivity contribution in [3.63, 3.8) is 0 Å². The van der Waals surface area contributed by atoms with E-state index in [2.05, 4.69) is 24.6 Å². The van der Waals surface area contributed by atoms with Gasteiger partial charge in [-0.05, 0) is 41.3 Å². The summed E-state index contributed by atoms with van der Waals surface area (Å²) >= 11 is 0. The number of benzene rings is 1. The lowest BCUT2D eigenvalue weighted by Gasteiger charge is -2.27. The first kappa shape index (κ1) is 27.8. The molecule has 39 heavy (non-hydrogen) atoms. The molecule has 0 saturated carbocycles. The lowest BCUT2D eigenvalue weighted by atomic mass is 9.99. The predicted octanol–water partition coefficient (Wildman–Crippen LogP) is 5.31. The first-order valence-electron chi connectivity index (χ1n) is 13.4. The summed E-state index contributed by atoms with van der Waals surface area (Å²) in [6.45, 7) is 8.57. The average Bonchev–Trinajstić information content (AvgIpc) is 3.39. The minimum absolute atomic E-state index is 0.00370. The zero-order chi connectivity index (χ0) is 27.8. The summed E-state index contributed by atoms with van der Waals surface area (Å²) in [7, 11) is -1.22. The van der Waals surface area contributed by atoms with Crippen molar-refractivity contribution < 1.29 is 27.5 Å². The Labute approximate surface area is 227 Å². The van der Waals surface area contributed by atoms with Gasteiger partial charge in [-0.25, -0.2) is 28.1 Å². The molecule has 11 heteroatoms. The second kappa shape index (κ2) is 11.0. The molecule has 1 saturated heterocycles. The fraction of sp³-hybridized carbons (Fsp3) is 0.500. The van der Waals surface area contributed by atoms with Gasteiger partial charge in [-0.3, -0.25) is 9.69 Å². The highest BCUT2D eigenvalue weighted by Crippen LogP contribution is 2.34. The number of ether oxygens (including phenoxy) is 1. The van der Waals surface area contributed by atoms with Crippen LogP contribution in [-0.4, -0.2) is 72.5 Å². The summed E-state index contributed by atoms with van der Waals surface area (Å²) in [4.78, 5) is 25.2. The van der Waals surface area contributed by atoms with E-state index in [1.54, 1.807) is 23.2 Å². The van der Waals surface area contributed by atoms with E-state index in [1.807, 2.05) is 10.8 Å². The number of alkyl halides is 2. The van der Waals surface area contributed by atoms with Gasteiger partial charge in [0, 0.05) is 52.3 Å². The van der Waals surface area contributed by atoms with Crippen LogP contribution in [0, 0.1) is 5.82 Å². The molecule has 1 amide bonds. The van der Waals surface area contributed by atoms with Gasteiger partial charge in [0.15, 0.2) is 6.79 Å². The second-order valence-electron chi connectivity index (χ2n) is 11.7. The van der Waals surface area contributed by atoms with Crippen LogP contribution in [0.2, 0.25) is 25.7 Å². The number of pyridine rings is 1. The SMILES string of the molecule is C[Si](C)(C)CCOCON1CCc2c(ncc3c2c(CN2CCC(F)(F)C2)cn3Cc2ccc(F)cc2)C1=O. The van der Waals surface area contributed by atoms with Crippen molar-refractivity contribution in [2.75, 3.05) is 33.0 Å². The van der Waals surface area contributed by atoms with Crippen molar-refractivity contribution in [1.29, 1.82) is 0 Å². The van der Waals surface area contributed by atoms with E-state index in [0.29, 0.717) is 44.9 Å². The predicted molar refractivity (Wildman–Crippen MR) is 145 cm³/mol. The summed E-state index contributed by atoms with van der Waals surface area (Å²) in [5.41, 5.74) is 3.70. The number of hydroxylamine groups is 2. The molecule has 210 valence electrons. The molecule has 2 aliphatic heterocycles. The van der Waals surface area contributed by atoms with Crippen molar-refractivity contribution >= 4 is 24.9 Å². The highest BCUT2D eigenvalue weighted by Gasteiger charge is 2.38. The summed E-state index contributed by atoms with van der Waals surface area (Å²) in [5, 5.41) is 2.17. The third-order valence-corrected chi connectivity index (χ3v) is 9.00. The number of amides is 1. The summed E-state index contributed by atoms with van der Waals surface area (Å²) < 4.78 is 49.0. The van der Waals surface area contributed by atoms with E-state index in [9.17, 15) is 18.0 Å². The van der Waals surface area contributed by atoms with Crippen LogP contribution >= 0.6 is 0 Å². The molecular formula is C28H35F3N4O3Si. The number of aromatic nitrogens is 2. The van der Waals surface area contributed by atoms with E-state index in [1.165, 1.54) is 17.2 Å². The van der Waals surface area contributed by atoms with Crippen LogP contribution < -0.4 is 0 Å². The summed E-state index contributed by atoms with van der Waals surface area (Å²) in [6, 6.07) is 7.27. The average molecular weight is 561 g/mol. The molecule has 2 aliphatic rings. The first-order valence-corrected chi connectivity index (χ1v) is 17.1. The van der Waals surface area contributed by atoms with Gasteiger partial charge in [0.2, 0.25) is 0 Å². The zero-order valence-electron chi connectivity index (χ0n) is 22.7. The topological polar surface area (TPSA) is 59.8 Å². The molecule has 0 bridgehead atoms. The Morgan fingerprint density at radius 2 is 1.87 bits per heavy atom. The van der Waals surface area contributed by atoms with Gasteiger partial charge >= 0.3 is 0 Å². The van der Waals surface area contributed by atoms with Crippen LogP contribution in [0.5, 0.6) is 0 Å². The van der Waals surface area contributed by atoms with Crippen molar-refractivity contribution in [3.8, 4) is 0 Å². The third kappa shape index (κ3) is 6.54. The minimum atomic E-state index is -2.70. The van der Waals surface area contributed by atoms with Gasteiger partial charge in [-0.15, -0.1) is 0 Å². The van der Waals surface area contributed by atoms with E-state index < -0.39 is 14.0 Å². The lowest BCUT2D eigenvalue weighted by Crippen LogP contribution is -2.39. The monoisotopic (exact) mass is 560 g/mol. The van der Waals surface area contributed by atoms with E-state index in [4.69, 9.17) is 9.57 Å². The Morgan fingerprint density at radius 3 is 2.56 bits per heavy atom. The minimum Gasteiger partial charge on any atom is -0.353 e. The fourth-order valence-corrected chi connectivity index (χ4v) is 5.94. The number of hydrogen-bond donors (Lipinski definition) is 0. The molecule has 0 aliphatic carbocycles. The first-order chi connectivity index (χ1) is 18.5. The van der Waals surface area contributed by atoms with Gasteiger partial charge < -0.3 is 9.30 Å². The van der Waals surface area contributed by atoms with Gasteiger partial charge in [-0.2, -0.15) is 0 Å². The molecule has 0 unspecified atom stereocenters. The van der Waals surface area contributed by atoms with Gasteiger partial charge in [0.1, 0.15) is 11.5 Å². The van der Waals surface area contributed by atoms with Crippen molar-refractivity contribution in [2.24, 2.45) is 0 Å². The van der Waals surface area contributed by atoms with Gasteiger partial charge in [0.25, 0.3) is 11.8 Å². The van der Waals surface area contributed by atoms with Crippen molar-refractivity contribution in [3.05, 3.63) is 64.9 Å². The number of likely N-dealkylation sites (tertiary alicyclic amines) is 1. The number of carbonyl (C=O) groups is 1. The Balaban J connectivity index is 1.40. The number of fused-ring (bicyclic) bond motifs is 3. The van der Waals surface area contributed by atoms with Crippen LogP contribution in [0.15, 0.2) is 36.7 Å². The molecular weight excluding hydrogens is 525 g/mol. The van der Waals surface area contributed by atoms with E-state index in [-0.39, 0.29) is 31.5 Å². The molecule has 0 radical (unpaired) electrons. The molecule has 1 fully saturated rings. The Morgan fingerprint density at radius 1 is 1.10 bits per heavy atom. The molecule has 0 N–H and O–H groups in total. The maximum atomic E-state index is 14.0. The van der Waals surface area contributed by atoms with Gasteiger partial charge in [-0.1, -0.05) is 31.8 Å². The molecule has 0 atom stereocenters. The Kier molecular flexibility index (Phi) is 7.87. The van der Waals surface area contributed by atoms with Gasteiger partial charge in [0.05, 0.1) is 24.8 Å². The largest absolute Gasteiger partial charge is 0.353 e. The number of hydrogen-bond acceptors (Lipinski definition) is 5. The highest BCUT2D eigenvalue weighted by molar-refractivity contribution is 6.76. The van der Waals surface area contributed by atoms with Crippen LogP contribution in [0.3, 0.4) is 0 Å². The lowest BCUT2D eigenvalue weighted by molar-refractivity contribution is -0.195. The molecule has 2 aromatic heterocycles. The maximum absolute atomic E-state index is 14.0. The summed E-state index contributed by atoms with van der Waals surface area (Å²) in [6.07, 6.45) is 3.97. The maximum Gasteiger partial charge on any atom is 0.296 e. The van der Waals surface area contributed by atoms with Crippen molar-refractivity contribution in [1.82, 2.24) is 19.5 Å². The molecule has 4 heterocycles. The molecule has 5 rings (SSSR count). The standard InChI is InChI=1S/C28H35F3N4O3Si/c1-39(2,3)13-12-37-19-38-35-10-8-23-25-21(16-33-11-9-28(30,31)18-33)17-34(15-20-4-6-22(29)7-5-20)24(25)14-32-26(23)27(35)36/h4-7,14,17H,8-13,15-16,18-19H2,1-3H3. The van der Waals surface area contributed by atoms with Crippen LogP contribution in [0.4, 0.5) is 13.2 Å². The van der Waals surface area contributed by atoms with Crippen LogP contribution in [0.25, 0.3) is 10.9 Å². The molecule has 3 aromatic rings. The third-order valence-electron chi connectivity index (χ3n) is 7.29. The zero-order valence-corrected chi connectivity index (χ0v) is 23.7. The van der Waals surface area contributed by atoms with E-state index in [0.717, 1.165) is 33.6 Å². The fourth-order valence-electron chi connectivity index (χ4n) is 5.18. The van der Waals surface area contributed by atoms with E-state index >= 15 is 0 Å². The number of rotatable bonds is 10. The Bertz CT molecular complexity index is 1340. The Hall–Kier alpha value is -2.73. The second-order valence-corrected chi connectivity index (χ2v) is 17.3. The highest BCUT2D eigenvalue weighted by atomic mass is 28.3. The normalized spacial score (nSPS) is 17.8. The van der Waals surface area contributed by atoms with Crippen LogP contribution in [0.1, 0.15) is 33.6 Å². The molecule has 0 spiro atoms. The smallest absolute Gasteiger partial charge is 0.296 e. The van der Waals surface area contributed by atoms with Crippen molar-refractivity contribution in [2.45, 2.75) is 57.5 Å². The summed E-state index contributed by atoms with van der Waals surface area (Å²) in [5.74, 6) is -3.34. The quantitative estimate of drug-likeness (QED) is 0.191. The number of carbonyl (C=O) groups excluding carboxylic acids is 1.